The molecule has 0 unspecified atom stereocenters. The van der Waals surface area contributed by atoms with Crippen molar-refractivity contribution in [3.8, 4) is 11.5 Å². The fourth-order valence-corrected chi connectivity index (χ4v) is 3.93. The molecular weight excluding hydrogens is 346 g/mol. The summed E-state index contributed by atoms with van der Waals surface area (Å²) in [5, 5.41) is 6.30. The Morgan fingerprint density at radius 1 is 1.21 bits per heavy atom. The molecule has 24 heavy (non-hydrogen) atoms. The molecule has 0 bridgehead atoms. The topological polar surface area (TPSA) is 47.6 Å². The molecule has 0 atom stereocenters. The van der Waals surface area contributed by atoms with E-state index >= 15 is 0 Å². The summed E-state index contributed by atoms with van der Waals surface area (Å²) in [5.74, 6) is 1.10. The maximum atomic E-state index is 12.5. The smallest absolute Gasteiger partial charge is 0.253 e. The molecule has 0 saturated carbocycles. The van der Waals surface area contributed by atoms with Crippen LogP contribution in [0.1, 0.15) is 15.9 Å². The van der Waals surface area contributed by atoms with E-state index in [1.807, 2.05) is 35.7 Å². The van der Waals surface area contributed by atoms with Gasteiger partial charge in [0.05, 0.1) is 10.6 Å². The van der Waals surface area contributed by atoms with Crippen molar-refractivity contribution >= 4 is 38.9 Å². The Morgan fingerprint density at radius 2 is 2.04 bits per heavy atom. The number of ether oxygens (including phenoxy) is 2. The number of amides is 1. The second-order valence-electron chi connectivity index (χ2n) is 5.43. The zero-order chi connectivity index (χ0) is 16.5. The molecule has 1 aliphatic rings. The molecule has 2 heterocycles. The lowest BCUT2D eigenvalue weighted by Gasteiger charge is -2.20. The summed E-state index contributed by atoms with van der Waals surface area (Å²) < 4.78 is 12.2. The van der Waals surface area contributed by atoms with Crippen LogP contribution in [0.3, 0.4) is 0 Å². The van der Waals surface area contributed by atoms with Crippen molar-refractivity contribution in [1.29, 1.82) is 0 Å². The molecule has 0 aliphatic carbocycles. The molecule has 6 heteroatoms. The van der Waals surface area contributed by atoms with E-state index in [0.29, 0.717) is 41.8 Å². The Morgan fingerprint density at radius 3 is 2.96 bits per heavy atom. The Bertz CT molecular complexity index is 922. The van der Waals surface area contributed by atoms with Gasteiger partial charge in [0.25, 0.3) is 5.91 Å². The molecular formula is C18H14ClNO3S. The minimum atomic E-state index is -0.0986. The summed E-state index contributed by atoms with van der Waals surface area (Å²) in [4.78, 5) is 12.5. The van der Waals surface area contributed by atoms with Gasteiger partial charge in [0.15, 0.2) is 11.5 Å². The standard InChI is InChI=1S/C18H14ClNO3S/c19-14-7-11(8-15-17(14)23-6-5-22-15)9-20-18(21)13-10-24-16-4-2-1-3-12(13)16/h1-4,7-8,10H,5-6,9H2,(H,20,21). The third-order valence-corrected chi connectivity index (χ3v) is 5.08. The monoisotopic (exact) mass is 359 g/mol. The zero-order valence-electron chi connectivity index (χ0n) is 12.7. The molecule has 1 aromatic heterocycles. The van der Waals surface area contributed by atoms with Crippen LogP contribution in [-0.2, 0) is 6.54 Å². The van der Waals surface area contributed by atoms with Crippen LogP contribution < -0.4 is 14.8 Å². The highest BCUT2D eigenvalue weighted by molar-refractivity contribution is 7.17. The van der Waals surface area contributed by atoms with Crippen molar-refractivity contribution in [3.05, 3.63) is 57.9 Å². The van der Waals surface area contributed by atoms with Gasteiger partial charge in [-0.2, -0.15) is 0 Å². The molecule has 2 aromatic carbocycles. The van der Waals surface area contributed by atoms with Crippen LogP contribution in [-0.4, -0.2) is 19.1 Å². The first kappa shape index (κ1) is 15.3. The normalized spacial score (nSPS) is 13.0. The molecule has 0 fully saturated rings. The number of rotatable bonds is 3. The fraction of sp³-hybridized carbons (Fsp3) is 0.167. The van der Waals surface area contributed by atoms with Crippen molar-refractivity contribution < 1.29 is 14.3 Å². The molecule has 0 radical (unpaired) electrons. The second-order valence-corrected chi connectivity index (χ2v) is 6.75. The van der Waals surface area contributed by atoms with E-state index in [1.54, 1.807) is 17.4 Å². The third kappa shape index (κ3) is 2.81. The van der Waals surface area contributed by atoms with E-state index in [-0.39, 0.29) is 5.91 Å². The van der Waals surface area contributed by atoms with Gasteiger partial charge in [0.1, 0.15) is 13.2 Å². The van der Waals surface area contributed by atoms with Gasteiger partial charge in [-0.05, 0) is 23.8 Å². The first-order valence-electron chi connectivity index (χ1n) is 7.55. The van der Waals surface area contributed by atoms with E-state index < -0.39 is 0 Å². The van der Waals surface area contributed by atoms with Gasteiger partial charge in [-0.1, -0.05) is 29.8 Å². The summed E-state index contributed by atoms with van der Waals surface area (Å²) in [7, 11) is 0. The summed E-state index contributed by atoms with van der Waals surface area (Å²) in [6.45, 7) is 1.37. The van der Waals surface area contributed by atoms with E-state index in [9.17, 15) is 4.79 Å². The number of carbonyl (C=O) groups is 1. The lowest BCUT2D eigenvalue weighted by molar-refractivity contribution is 0.0953. The number of nitrogens with one attached hydrogen (secondary N) is 1. The Hall–Kier alpha value is -2.24. The SMILES string of the molecule is O=C(NCc1cc(Cl)c2c(c1)OCCO2)c1csc2ccccc12. The van der Waals surface area contributed by atoms with Gasteiger partial charge in [0, 0.05) is 22.0 Å². The number of fused-ring (bicyclic) bond motifs is 2. The lowest BCUT2D eigenvalue weighted by atomic mass is 10.1. The molecule has 1 amide bonds. The second kappa shape index (κ2) is 6.34. The average Bonchev–Trinajstić information content (AvgIpc) is 3.04. The van der Waals surface area contributed by atoms with Crippen molar-refractivity contribution in [2.45, 2.75) is 6.54 Å². The van der Waals surface area contributed by atoms with Gasteiger partial charge in [-0.15, -0.1) is 11.3 Å². The number of carbonyl (C=O) groups excluding carboxylic acids is 1. The van der Waals surface area contributed by atoms with Crippen molar-refractivity contribution in [2.75, 3.05) is 13.2 Å². The first-order chi connectivity index (χ1) is 11.7. The van der Waals surface area contributed by atoms with Crippen molar-refractivity contribution in [1.82, 2.24) is 5.32 Å². The molecule has 3 aromatic rings. The van der Waals surface area contributed by atoms with Crippen LogP contribution in [0.2, 0.25) is 5.02 Å². The first-order valence-corrected chi connectivity index (χ1v) is 8.80. The van der Waals surface area contributed by atoms with Crippen LogP contribution in [0, 0.1) is 0 Å². The van der Waals surface area contributed by atoms with Gasteiger partial charge >= 0.3 is 0 Å². The summed E-state index contributed by atoms with van der Waals surface area (Å²) in [6, 6.07) is 11.5. The third-order valence-electron chi connectivity index (χ3n) is 3.84. The highest BCUT2D eigenvalue weighted by atomic mass is 35.5. The van der Waals surface area contributed by atoms with E-state index in [1.165, 1.54) is 0 Å². The van der Waals surface area contributed by atoms with E-state index in [2.05, 4.69) is 5.32 Å². The maximum Gasteiger partial charge on any atom is 0.253 e. The van der Waals surface area contributed by atoms with Crippen LogP contribution >= 0.6 is 22.9 Å². The summed E-state index contributed by atoms with van der Waals surface area (Å²) >= 11 is 7.79. The number of hydrogen-bond donors (Lipinski definition) is 1. The average molecular weight is 360 g/mol. The molecule has 1 N–H and O–H groups in total. The molecule has 0 spiro atoms. The minimum absolute atomic E-state index is 0.0986. The van der Waals surface area contributed by atoms with Crippen LogP contribution in [0.25, 0.3) is 10.1 Å². The van der Waals surface area contributed by atoms with Crippen LogP contribution in [0.15, 0.2) is 41.8 Å². The van der Waals surface area contributed by atoms with Crippen molar-refractivity contribution in [2.24, 2.45) is 0 Å². The number of thiophene rings is 1. The Balaban J connectivity index is 1.52. The molecule has 4 rings (SSSR count). The predicted octanol–water partition coefficient (Wildman–Crippen LogP) is 4.26. The molecule has 4 nitrogen and oxygen atoms in total. The molecule has 122 valence electrons. The van der Waals surface area contributed by atoms with Gasteiger partial charge in [-0.25, -0.2) is 0 Å². The molecule has 1 aliphatic heterocycles. The summed E-state index contributed by atoms with van der Waals surface area (Å²) in [6.07, 6.45) is 0. The van der Waals surface area contributed by atoms with Gasteiger partial charge < -0.3 is 14.8 Å². The van der Waals surface area contributed by atoms with Crippen molar-refractivity contribution in [3.63, 3.8) is 0 Å². The largest absolute Gasteiger partial charge is 0.486 e. The Labute approximate surface area is 148 Å². The zero-order valence-corrected chi connectivity index (χ0v) is 14.2. The highest BCUT2D eigenvalue weighted by Crippen LogP contribution is 2.38. The minimum Gasteiger partial charge on any atom is -0.486 e. The van der Waals surface area contributed by atoms with Crippen LogP contribution in [0.5, 0.6) is 11.5 Å². The van der Waals surface area contributed by atoms with Gasteiger partial charge in [0.2, 0.25) is 0 Å². The summed E-state index contributed by atoms with van der Waals surface area (Å²) in [5.41, 5.74) is 1.57. The number of hydrogen-bond acceptors (Lipinski definition) is 4. The number of benzene rings is 2. The number of halogens is 1. The van der Waals surface area contributed by atoms with E-state index in [0.717, 1.165) is 15.6 Å². The Kier molecular flexibility index (Phi) is 4.04. The van der Waals surface area contributed by atoms with Gasteiger partial charge in [-0.3, -0.25) is 4.79 Å². The predicted molar refractivity (Wildman–Crippen MR) is 95.4 cm³/mol. The maximum absolute atomic E-state index is 12.5. The molecule has 0 saturated heterocycles. The quantitative estimate of drug-likeness (QED) is 0.760. The fourth-order valence-electron chi connectivity index (χ4n) is 2.70. The van der Waals surface area contributed by atoms with Crippen LogP contribution in [0.4, 0.5) is 0 Å². The lowest BCUT2D eigenvalue weighted by Crippen LogP contribution is -2.23. The highest BCUT2D eigenvalue weighted by Gasteiger charge is 2.17. The van der Waals surface area contributed by atoms with E-state index in [4.69, 9.17) is 21.1 Å².